The maximum atomic E-state index is 13.4. The van der Waals surface area contributed by atoms with Crippen molar-refractivity contribution in [2.45, 2.75) is 77.4 Å². The number of amides is 3. The molecule has 0 unspecified atom stereocenters. The SMILES string of the molecule is CC(C)NC(=O)N1CCN([C@H](C(=O)N[C@H](C)CCc2ccccc2)C2CCCC2)CC1. The van der Waals surface area contributed by atoms with Gasteiger partial charge in [-0.3, -0.25) is 9.69 Å². The van der Waals surface area contributed by atoms with E-state index in [-0.39, 0.29) is 30.1 Å². The number of nitrogens with zero attached hydrogens (tertiary/aromatic N) is 2. The van der Waals surface area contributed by atoms with Gasteiger partial charge < -0.3 is 15.5 Å². The van der Waals surface area contributed by atoms with Crippen LogP contribution in [0.5, 0.6) is 0 Å². The van der Waals surface area contributed by atoms with E-state index in [0.29, 0.717) is 19.0 Å². The van der Waals surface area contributed by atoms with Crippen molar-refractivity contribution in [2.75, 3.05) is 26.2 Å². The largest absolute Gasteiger partial charge is 0.352 e. The zero-order valence-electron chi connectivity index (χ0n) is 19.5. The number of piperazine rings is 1. The lowest BCUT2D eigenvalue weighted by molar-refractivity contribution is -0.129. The van der Waals surface area contributed by atoms with Crippen LogP contribution in [0.2, 0.25) is 0 Å². The van der Waals surface area contributed by atoms with Crippen LogP contribution < -0.4 is 10.6 Å². The Kier molecular flexibility index (Phi) is 8.76. The van der Waals surface area contributed by atoms with Crippen LogP contribution in [-0.4, -0.2) is 66.0 Å². The molecular formula is C25H40N4O2. The molecule has 31 heavy (non-hydrogen) atoms. The normalized spacial score (nSPS) is 19.9. The summed E-state index contributed by atoms with van der Waals surface area (Å²) in [6.45, 7) is 8.95. The summed E-state index contributed by atoms with van der Waals surface area (Å²) in [6.07, 6.45) is 6.61. The molecule has 0 aromatic heterocycles. The number of rotatable bonds is 8. The average Bonchev–Trinajstić information content (AvgIpc) is 3.27. The third-order valence-corrected chi connectivity index (χ3v) is 6.62. The minimum Gasteiger partial charge on any atom is -0.352 e. The monoisotopic (exact) mass is 428 g/mol. The maximum Gasteiger partial charge on any atom is 0.317 e. The zero-order valence-corrected chi connectivity index (χ0v) is 19.5. The predicted molar refractivity (Wildman–Crippen MR) is 125 cm³/mol. The van der Waals surface area contributed by atoms with Crippen LogP contribution in [0.3, 0.4) is 0 Å². The molecule has 0 radical (unpaired) electrons. The van der Waals surface area contributed by atoms with Crippen LogP contribution in [0.15, 0.2) is 30.3 Å². The first-order chi connectivity index (χ1) is 14.9. The summed E-state index contributed by atoms with van der Waals surface area (Å²) in [4.78, 5) is 29.9. The van der Waals surface area contributed by atoms with E-state index in [0.717, 1.165) is 38.8 Å². The molecule has 1 heterocycles. The van der Waals surface area contributed by atoms with Gasteiger partial charge in [-0.2, -0.15) is 0 Å². The van der Waals surface area contributed by atoms with Crippen LogP contribution in [0.25, 0.3) is 0 Å². The Labute approximate surface area is 187 Å². The fourth-order valence-corrected chi connectivity index (χ4v) is 4.92. The molecule has 1 saturated heterocycles. The molecule has 6 heteroatoms. The van der Waals surface area contributed by atoms with E-state index >= 15 is 0 Å². The quantitative estimate of drug-likeness (QED) is 0.667. The number of hydrogen-bond donors (Lipinski definition) is 2. The third kappa shape index (κ3) is 6.96. The van der Waals surface area contributed by atoms with Crippen molar-refractivity contribution in [2.24, 2.45) is 5.92 Å². The molecule has 1 aliphatic heterocycles. The number of aryl methyl sites for hydroxylation is 1. The van der Waals surface area contributed by atoms with Gasteiger partial charge in [0.05, 0.1) is 6.04 Å². The van der Waals surface area contributed by atoms with E-state index in [1.807, 2.05) is 24.8 Å². The maximum absolute atomic E-state index is 13.4. The minimum absolute atomic E-state index is 0.00560. The fraction of sp³-hybridized carbons (Fsp3) is 0.680. The molecule has 1 aliphatic carbocycles. The minimum atomic E-state index is -0.0722. The van der Waals surface area contributed by atoms with Gasteiger partial charge in [0, 0.05) is 38.3 Å². The number of carbonyl (C=O) groups excluding carboxylic acids is 2. The van der Waals surface area contributed by atoms with Gasteiger partial charge in [-0.25, -0.2) is 4.79 Å². The highest BCUT2D eigenvalue weighted by Gasteiger charge is 2.37. The summed E-state index contributed by atoms with van der Waals surface area (Å²) < 4.78 is 0. The summed E-state index contributed by atoms with van der Waals surface area (Å²) in [5.41, 5.74) is 1.31. The van der Waals surface area contributed by atoms with Crippen LogP contribution in [0, 0.1) is 5.92 Å². The number of carbonyl (C=O) groups is 2. The zero-order chi connectivity index (χ0) is 22.2. The van der Waals surface area contributed by atoms with Gasteiger partial charge in [-0.15, -0.1) is 0 Å². The van der Waals surface area contributed by atoms with Crippen LogP contribution in [0.1, 0.15) is 58.4 Å². The van der Waals surface area contributed by atoms with Gasteiger partial charge in [0.2, 0.25) is 5.91 Å². The molecule has 3 rings (SSSR count). The van der Waals surface area contributed by atoms with Gasteiger partial charge in [-0.1, -0.05) is 43.2 Å². The summed E-state index contributed by atoms with van der Waals surface area (Å²) in [7, 11) is 0. The van der Waals surface area contributed by atoms with E-state index in [2.05, 4.69) is 46.7 Å². The van der Waals surface area contributed by atoms with E-state index in [9.17, 15) is 9.59 Å². The molecular weight excluding hydrogens is 388 g/mol. The van der Waals surface area contributed by atoms with E-state index in [1.54, 1.807) is 0 Å². The summed E-state index contributed by atoms with van der Waals surface area (Å²) in [5, 5.41) is 6.29. The number of benzene rings is 1. The molecule has 2 aliphatic rings. The van der Waals surface area contributed by atoms with Crippen molar-refractivity contribution in [3.8, 4) is 0 Å². The average molecular weight is 429 g/mol. The summed E-state index contributed by atoms with van der Waals surface area (Å²) in [5.74, 6) is 0.602. The highest BCUT2D eigenvalue weighted by Crippen LogP contribution is 2.31. The molecule has 1 aromatic carbocycles. The molecule has 2 fully saturated rings. The Morgan fingerprint density at radius 1 is 0.968 bits per heavy atom. The molecule has 2 N–H and O–H groups in total. The standard InChI is InChI=1S/C25H40N4O2/c1-19(2)26-25(31)29-17-15-28(16-18-29)23(22-11-7-8-12-22)24(30)27-20(3)13-14-21-9-5-4-6-10-21/h4-6,9-10,19-20,22-23H,7-8,11-18H2,1-3H3,(H,26,31)(H,27,30)/t20-,23+/m1/s1. The second-order valence-electron chi connectivity index (χ2n) is 9.55. The van der Waals surface area contributed by atoms with Crippen LogP contribution in [0.4, 0.5) is 4.79 Å². The Hall–Kier alpha value is -2.08. The van der Waals surface area contributed by atoms with Gasteiger partial charge in [-0.05, 0) is 57.9 Å². The topological polar surface area (TPSA) is 64.7 Å². The molecule has 1 saturated carbocycles. The van der Waals surface area contributed by atoms with Gasteiger partial charge in [0.25, 0.3) is 0 Å². The Bertz CT molecular complexity index is 695. The molecule has 3 amide bonds. The van der Waals surface area contributed by atoms with E-state index in [4.69, 9.17) is 0 Å². The van der Waals surface area contributed by atoms with Gasteiger partial charge in [0.15, 0.2) is 0 Å². The lowest BCUT2D eigenvalue weighted by atomic mass is 9.94. The molecule has 0 spiro atoms. The second-order valence-corrected chi connectivity index (χ2v) is 9.55. The summed E-state index contributed by atoms with van der Waals surface area (Å²) in [6, 6.07) is 10.7. The number of nitrogens with one attached hydrogen (secondary N) is 2. The van der Waals surface area contributed by atoms with E-state index in [1.165, 1.54) is 18.4 Å². The smallest absolute Gasteiger partial charge is 0.317 e. The Morgan fingerprint density at radius 2 is 1.61 bits per heavy atom. The summed E-state index contributed by atoms with van der Waals surface area (Å²) >= 11 is 0. The number of urea groups is 1. The molecule has 172 valence electrons. The lowest BCUT2D eigenvalue weighted by Gasteiger charge is -2.41. The predicted octanol–water partition coefficient (Wildman–Crippen LogP) is 3.42. The van der Waals surface area contributed by atoms with Crippen molar-refractivity contribution in [3.05, 3.63) is 35.9 Å². The van der Waals surface area contributed by atoms with E-state index < -0.39 is 0 Å². The molecule has 6 nitrogen and oxygen atoms in total. The van der Waals surface area contributed by atoms with Gasteiger partial charge >= 0.3 is 6.03 Å². The van der Waals surface area contributed by atoms with Crippen molar-refractivity contribution in [3.63, 3.8) is 0 Å². The van der Waals surface area contributed by atoms with Crippen molar-refractivity contribution in [1.29, 1.82) is 0 Å². The van der Waals surface area contributed by atoms with Crippen molar-refractivity contribution < 1.29 is 9.59 Å². The first-order valence-corrected chi connectivity index (χ1v) is 12.1. The van der Waals surface area contributed by atoms with Crippen molar-refractivity contribution in [1.82, 2.24) is 20.4 Å². The fourth-order valence-electron chi connectivity index (χ4n) is 4.92. The molecule has 0 bridgehead atoms. The molecule has 1 aromatic rings. The Balaban J connectivity index is 1.55. The first kappa shape index (κ1) is 23.6. The third-order valence-electron chi connectivity index (χ3n) is 6.62. The van der Waals surface area contributed by atoms with Crippen molar-refractivity contribution >= 4 is 11.9 Å². The van der Waals surface area contributed by atoms with Crippen LogP contribution >= 0.6 is 0 Å². The first-order valence-electron chi connectivity index (χ1n) is 12.1. The molecule has 2 atom stereocenters. The van der Waals surface area contributed by atoms with Gasteiger partial charge in [0.1, 0.15) is 0 Å². The second kappa shape index (κ2) is 11.5. The Morgan fingerprint density at radius 3 is 2.23 bits per heavy atom. The van der Waals surface area contributed by atoms with Crippen LogP contribution in [-0.2, 0) is 11.2 Å². The number of hydrogen-bond acceptors (Lipinski definition) is 3. The highest BCUT2D eigenvalue weighted by molar-refractivity contribution is 5.82. The lowest BCUT2D eigenvalue weighted by Crippen LogP contribution is -2.59. The highest BCUT2D eigenvalue weighted by atomic mass is 16.2.